The van der Waals surface area contributed by atoms with E-state index in [-0.39, 0.29) is 24.2 Å². The standard InChI is InChI=1S/C31H30FN5O4/c1-2-21-3-5-22(6-4-21)20-41-30-25(32)8-10-28(34-30)36-14-12-35(13-15-36)19-29-33-26-9-7-23(31(38)39)17-27(26)37(29)18-24-11-16-40-24/h1,3-10,17,24H,11-16,18-20H2,(H,38,39)/t24-/m0/s1. The summed E-state index contributed by atoms with van der Waals surface area (Å²) in [5.41, 5.74) is 3.47. The lowest BCUT2D eigenvalue weighted by Crippen LogP contribution is -2.46. The Bertz CT molecular complexity index is 1600. The van der Waals surface area contributed by atoms with Crippen molar-refractivity contribution >= 4 is 22.8 Å². The third kappa shape index (κ3) is 5.87. The Hall–Kier alpha value is -4.46. The van der Waals surface area contributed by atoms with E-state index in [2.05, 4.69) is 25.3 Å². The number of ether oxygens (including phenoxy) is 2. The largest absolute Gasteiger partial charge is 0.478 e. The van der Waals surface area contributed by atoms with Crippen molar-refractivity contribution in [3.05, 3.63) is 82.9 Å². The van der Waals surface area contributed by atoms with Crippen LogP contribution in [-0.4, -0.2) is 69.4 Å². The van der Waals surface area contributed by atoms with Gasteiger partial charge in [0.15, 0.2) is 5.82 Å². The van der Waals surface area contributed by atoms with Crippen molar-refractivity contribution in [3.8, 4) is 18.2 Å². The molecule has 4 heterocycles. The van der Waals surface area contributed by atoms with Gasteiger partial charge in [-0.15, -0.1) is 6.42 Å². The molecule has 0 amide bonds. The van der Waals surface area contributed by atoms with Crippen LogP contribution in [0.15, 0.2) is 54.6 Å². The minimum Gasteiger partial charge on any atom is -0.478 e. The van der Waals surface area contributed by atoms with E-state index in [9.17, 15) is 14.3 Å². The Kier molecular flexibility index (Phi) is 7.55. The number of piperazine rings is 1. The summed E-state index contributed by atoms with van der Waals surface area (Å²) in [6.07, 6.45) is 6.49. The van der Waals surface area contributed by atoms with Gasteiger partial charge in [0, 0.05) is 38.3 Å². The van der Waals surface area contributed by atoms with Crippen LogP contribution in [-0.2, 0) is 24.4 Å². The number of benzene rings is 2. The fourth-order valence-electron chi connectivity index (χ4n) is 5.14. The van der Waals surface area contributed by atoms with Gasteiger partial charge in [-0.1, -0.05) is 18.1 Å². The van der Waals surface area contributed by atoms with E-state index >= 15 is 0 Å². The van der Waals surface area contributed by atoms with Gasteiger partial charge in [0.05, 0.1) is 35.8 Å². The number of imidazole rings is 1. The Morgan fingerprint density at radius 1 is 1.10 bits per heavy atom. The molecule has 1 N–H and O–H groups in total. The van der Waals surface area contributed by atoms with Crippen molar-refractivity contribution < 1.29 is 23.8 Å². The van der Waals surface area contributed by atoms with Gasteiger partial charge in [0.1, 0.15) is 18.2 Å². The van der Waals surface area contributed by atoms with Gasteiger partial charge in [0.2, 0.25) is 0 Å². The van der Waals surface area contributed by atoms with Gasteiger partial charge in [-0.2, -0.15) is 4.98 Å². The van der Waals surface area contributed by atoms with E-state index in [1.807, 2.05) is 24.3 Å². The number of rotatable bonds is 9. The zero-order valence-electron chi connectivity index (χ0n) is 22.5. The second-order valence-electron chi connectivity index (χ2n) is 10.3. The molecule has 2 aliphatic heterocycles. The number of aromatic carboxylic acids is 1. The Morgan fingerprint density at radius 2 is 1.88 bits per heavy atom. The quantitative estimate of drug-likeness (QED) is 0.311. The van der Waals surface area contributed by atoms with Crippen molar-refractivity contribution in [2.75, 3.05) is 37.7 Å². The maximum absolute atomic E-state index is 14.5. The van der Waals surface area contributed by atoms with Crippen molar-refractivity contribution in [2.45, 2.75) is 32.2 Å². The Labute approximate surface area is 237 Å². The van der Waals surface area contributed by atoms with Gasteiger partial charge in [-0.3, -0.25) is 4.90 Å². The van der Waals surface area contributed by atoms with Crippen LogP contribution in [0.4, 0.5) is 10.2 Å². The maximum Gasteiger partial charge on any atom is 0.335 e. The number of anilines is 1. The summed E-state index contributed by atoms with van der Waals surface area (Å²) in [6, 6.07) is 15.5. The minimum absolute atomic E-state index is 0.0291. The van der Waals surface area contributed by atoms with Crippen molar-refractivity contribution in [1.82, 2.24) is 19.4 Å². The van der Waals surface area contributed by atoms with Crippen molar-refractivity contribution in [2.24, 2.45) is 0 Å². The van der Waals surface area contributed by atoms with E-state index in [1.165, 1.54) is 6.07 Å². The van der Waals surface area contributed by atoms with E-state index < -0.39 is 11.8 Å². The number of terminal acetylenes is 1. The number of carboxylic acids is 1. The zero-order valence-corrected chi connectivity index (χ0v) is 22.5. The van der Waals surface area contributed by atoms with Gasteiger partial charge in [-0.25, -0.2) is 14.2 Å². The number of nitrogens with zero attached hydrogens (tertiary/aromatic N) is 5. The number of hydrogen-bond acceptors (Lipinski definition) is 7. The molecule has 0 unspecified atom stereocenters. The van der Waals surface area contributed by atoms with Gasteiger partial charge < -0.3 is 24.0 Å². The van der Waals surface area contributed by atoms with Crippen LogP contribution in [0.5, 0.6) is 5.88 Å². The average Bonchev–Trinajstić information content (AvgIpc) is 3.31. The maximum atomic E-state index is 14.5. The van der Waals surface area contributed by atoms with E-state index in [1.54, 1.807) is 24.3 Å². The molecule has 210 valence electrons. The zero-order chi connectivity index (χ0) is 28.3. The molecule has 10 heteroatoms. The molecule has 4 aromatic rings. The molecule has 2 aromatic heterocycles. The molecule has 0 spiro atoms. The first kappa shape index (κ1) is 26.7. The van der Waals surface area contributed by atoms with Crippen LogP contribution < -0.4 is 9.64 Å². The van der Waals surface area contributed by atoms with Crippen LogP contribution in [0.1, 0.15) is 33.7 Å². The SMILES string of the molecule is C#Cc1ccc(COc2nc(N3CCN(Cc4nc5ccc(C(=O)O)cc5n4C[C@@H]4CCO4)CC3)ccc2F)cc1. The molecular formula is C31H30FN5O4. The summed E-state index contributed by atoms with van der Waals surface area (Å²) in [7, 11) is 0. The number of fused-ring (bicyclic) bond motifs is 1. The molecule has 2 fully saturated rings. The summed E-state index contributed by atoms with van der Waals surface area (Å²) in [6.45, 7) is 5.15. The molecule has 2 aromatic carbocycles. The molecule has 0 radical (unpaired) electrons. The number of pyridine rings is 1. The first-order valence-corrected chi connectivity index (χ1v) is 13.6. The second-order valence-corrected chi connectivity index (χ2v) is 10.3. The topological polar surface area (TPSA) is 93.0 Å². The predicted octanol–water partition coefficient (Wildman–Crippen LogP) is 3.94. The molecular weight excluding hydrogens is 525 g/mol. The molecule has 0 bridgehead atoms. The van der Waals surface area contributed by atoms with Crippen LogP contribution in [0, 0.1) is 18.2 Å². The smallest absolute Gasteiger partial charge is 0.335 e. The molecule has 9 nitrogen and oxygen atoms in total. The summed E-state index contributed by atoms with van der Waals surface area (Å²) >= 11 is 0. The van der Waals surface area contributed by atoms with Crippen LogP contribution in [0.3, 0.4) is 0 Å². The minimum atomic E-state index is -0.959. The van der Waals surface area contributed by atoms with Crippen molar-refractivity contribution in [1.29, 1.82) is 0 Å². The Balaban J connectivity index is 1.11. The van der Waals surface area contributed by atoms with Crippen molar-refractivity contribution in [3.63, 3.8) is 0 Å². The molecule has 41 heavy (non-hydrogen) atoms. The lowest BCUT2D eigenvalue weighted by Gasteiger charge is -2.35. The summed E-state index contributed by atoms with van der Waals surface area (Å²) < 4.78 is 28.0. The van der Waals surface area contributed by atoms with Gasteiger partial charge in [0.25, 0.3) is 5.88 Å². The lowest BCUT2D eigenvalue weighted by molar-refractivity contribution is -0.0592. The highest BCUT2D eigenvalue weighted by molar-refractivity contribution is 5.92. The third-order valence-corrected chi connectivity index (χ3v) is 7.61. The van der Waals surface area contributed by atoms with Gasteiger partial charge in [-0.05, 0) is 54.4 Å². The first-order chi connectivity index (χ1) is 20.0. The van der Waals surface area contributed by atoms with E-state index in [4.69, 9.17) is 20.9 Å². The molecule has 1 atom stereocenters. The Morgan fingerprint density at radius 3 is 2.56 bits per heavy atom. The molecule has 2 saturated heterocycles. The van der Waals surface area contributed by atoms with Crippen LogP contribution in [0.2, 0.25) is 0 Å². The van der Waals surface area contributed by atoms with E-state index in [0.717, 1.165) is 54.1 Å². The van der Waals surface area contributed by atoms with Crippen LogP contribution >= 0.6 is 0 Å². The number of halogens is 1. The second kappa shape index (κ2) is 11.6. The number of carbonyl (C=O) groups is 1. The average molecular weight is 556 g/mol. The lowest BCUT2D eigenvalue weighted by atomic mass is 10.1. The van der Waals surface area contributed by atoms with Gasteiger partial charge >= 0.3 is 5.97 Å². The fraction of sp³-hybridized carbons (Fsp3) is 0.323. The summed E-state index contributed by atoms with van der Waals surface area (Å²) in [5, 5.41) is 9.49. The highest BCUT2D eigenvalue weighted by atomic mass is 19.1. The predicted molar refractivity (Wildman–Crippen MR) is 151 cm³/mol. The molecule has 0 saturated carbocycles. The molecule has 6 rings (SSSR count). The number of aromatic nitrogens is 3. The summed E-state index contributed by atoms with van der Waals surface area (Å²) in [5.74, 6) is 2.63. The monoisotopic (exact) mass is 555 g/mol. The highest BCUT2D eigenvalue weighted by Gasteiger charge is 2.25. The van der Waals surface area contributed by atoms with Crippen LogP contribution in [0.25, 0.3) is 11.0 Å². The first-order valence-electron chi connectivity index (χ1n) is 13.6. The summed E-state index contributed by atoms with van der Waals surface area (Å²) in [4.78, 5) is 25.3. The number of hydrogen-bond donors (Lipinski definition) is 1. The molecule has 2 aliphatic rings. The highest BCUT2D eigenvalue weighted by Crippen LogP contribution is 2.25. The normalized spacial score (nSPS) is 17.3. The number of carboxylic acid groups (broad SMARTS) is 1. The third-order valence-electron chi connectivity index (χ3n) is 7.61. The molecule has 0 aliphatic carbocycles. The fourth-order valence-corrected chi connectivity index (χ4v) is 5.14. The van der Waals surface area contributed by atoms with E-state index in [0.29, 0.717) is 32.0 Å².